The minimum Gasteiger partial charge on any atom is -0.352 e. The van der Waals surface area contributed by atoms with Crippen molar-refractivity contribution in [2.45, 2.75) is 122 Å². The van der Waals surface area contributed by atoms with Crippen molar-refractivity contribution in [1.29, 1.82) is 0 Å². The molecule has 2 aliphatic heterocycles. The van der Waals surface area contributed by atoms with Crippen LogP contribution in [0.25, 0.3) is 0 Å². The summed E-state index contributed by atoms with van der Waals surface area (Å²) in [6.07, 6.45) is 19.8. The Labute approximate surface area is 206 Å². The van der Waals surface area contributed by atoms with Crippen LogP contribution in [0.4, 0.5) is 4.79 Å². The number of unbranched alkanes of at least 4 members (excludes halogenated alkanes) is 7. The van der Waals surface area contributed by atoms with E-state index in [1.807, 2.05) is 11.8 Å². The number of nitrogens with one attached hydrogen (secondary N) is 3. The third-order valence-corrected chi connectivity index (χ3v) is 8.24. The molecule has 0 bridgehead atoms. The maximum absolute atomic E-state index is 12.2. The lowest BCUT2D eigenvalue weighted by atomic mass is 10.0. The van der Waals surface area contributed by atoms with E-state index in [4.69, 9.17) is 0 Å². The van der Waals surface area contributed by atoms with E-state index < -0.39 is 0 Å². The van der Waals surface area contributed by atoms with Crippen LogP contribution in [-0.2, 0) is 4.79 Å². The molecule has 3 amide bonds. The molecule has 2 fully saturated rings. The zero-order valence-corrected chi connectivity index (χ0v) is 22.0. The molecule has 6 heteroatoms. The summed E-state index contributed by atoms with van der Waals surface area (Å²) in [6, 6.07) is 0.515. The highest BCUT2D eigenvalue weighted by Crippen LogP contribution is 2.33. The number of amides is 3. The molecule has 33 heavy (non-hydrogen) atoms. The van der Waals surface area contributed by atoms with Gasteiger partial charge in [-0.25, -0.2) is 4.79 Å². The summed E-state index contributed by atoms with van der Waals surface area (Å²) in [5, 5.41) is 9.55. The van der Waals surface area contributed by atoms with Gasteiger partial charge in [-0.2, -0.15) is 11.8 Å². The number of rotatable bonds is 17. The fraction of sp³-hybridized carbons (Fsp3) is 0.778. The largest absolute Gasteiger partial charge is 0.352 e. The zero-order chi connectivity index (χ0) is 23.9. The second-order valence-corrected chi connectivity index (χ2v) is 11.1. The number of urea groups is 1. The monoisotopic (exact) mass is 477 g/mol. The predicted molar refractivity (Wildman–Crippen MR) is 142 cm³/mol. The SMILES string of the molecule is CCCCCCCC/C=C(\C)CC/C=C(\C)CNC(=O)CCCC[C@@H]1SC[C@@H]2NC(=O)N[C@@H]21. The van der Waals surface area contributed by atoms with E-state index in [1.54, 1.807) is 0 Å². The Kier molecular flexibility index (Phi) is 13.7. The van der Waals surface area contributed by atoms with Gasteiger partial charge < -0.3 is 16.0 Å². The Morgan fingerprint density at radius 1 is 0.970 bits per heavy atom. The first-order valence-corrected chi connectivity index (χ1v) is 14.3. The lowest BCUT2D eigenvalue weighted by Gasteiger charge is -2.16. The molecule has 188 valence electrons. The summed E-state index contributed by atoms with van der Waals surface area (Å²) in [5.41, 5.74) is 2.72. The van der Waals surface area contributed by atoms with Crippen LogP contribution >= 0.6 is 11.8 Å². The third kappa shape index (κ3) is 11.5. The van der Waals surface area contributed by atoms with Crippen molar-refractivity contribution < 1.29 is 9.59 Å². The topological polar surface area (TPSA) is 70.2 Å². The van der Waals surface area contributed by atoms with E-state index in [2.05, 4.69) is 48.9 Å². The molecule has 0 aromatic rings. The summed E-state index contributed by atoms with van der Waals surface area (Å²) in [4.78, 5) is 23.6. The molecule has 3 N–H and O–H groups in total. The molecule has 2 heterocycles. The van der Waals surface area contributed by atoms with E-state index in [-0.39, 0.29) is 24.0 Å². The van der Waals surface area contributed by atoms with Crippen molar-refractivity contribution in [3.63, 3.8) is 0 Å². The third-order valence-electron chi connectivity index (χ3n) is 6.73. The minimum atomic E-state index is -0.0301. The van der Waals surface area contributed by atoms with Gasteiger partial charge in [0, 0.05) is 24.0 Å². The number of fused-ring (bicyclic) bond motifs is 1. The van der Waals surface area contributed by atoms with Gasteiger partial charge in [0.25, 0.3) is 0 Å². The van der Waals surface area contributed by atoms with Crippen molar-refractivity contribution >= 4 is 23.7 Å². The summed E-state index contributed by atoms with van der Waals surface area (Å²) in [6.45, 7) is 7.26. The first-order valence-electron chi connectivity index (χ1n) is 13.3. The van der Waals surface area contributed by atoms with E-state index in [0.29, 0.717) is 18.2 Å². The van der Waals surface area contributed by atoms with Crippen LogP contribution in [-0.4, -0.2) is 41.6 Å². The first-order chi connectivity index (χ1) is 16.0. The minimum absolute atomic E-state index is 0.0301. The lowest BCUT2D eigenvalue weighted by molar-refractivity contribution is -0.121. The number of allylic oxidation sites excluding steroid dienone is 3. The van der Waals surface area contributed by atoms with Crippen molar-refractivity contribution in [2.75, 3.05) is 12.3 Å². The van der Waals surface area contributed by atoms with E-state index in [0.717, 1.165) is 37.9 Å². The molecule has 0 radical (unpaired) electrons. The smallest absolute Gasteiger partial charge is 0.315 e. The molecule has 0 saturated carbocycles. The van der Waals surface area contributed by atoms with Crippen LogP contribution in [0.1, 0.15) is 104 Å². The molecular weight excluding hydrogens is 430 g/mol. The van der Waals surface area contributed by atoms with Gasteiger partial charge in [0.2, 0.25) is 5.91 Å². The van der Waals surface area contributed by atoms with Crippen molar-refractivity contribution in [2.24, 2.45) is 0 Å². The second kappa shape index (κ2) is 16.2. The van der Waals surface area contributed by atoms with Crippen LogP contribution in [0.5, 0.6) is 0 Å². The average molecular weight is 478 g/mol. The average Bonchev–Trinajstić information content (AvgIpc) is 3.34. The van der Waals surface area contributed by atoms with Gasteiger partial charge in [-0.15, -0.1) is 0 Å². The van der Waals surface area contributed by atoms with Gasteiger partial charge in [-0.1, -0.05) is 68.7 Å². The lowest BCUT2D eigenvalue weighted by Crippen LogP contribution is -2.36. The Hall–Kier alpha value is -1.43. The molecule has 0 aromatic carbocycles. The molecule has 2 aliphatic rings. The molecule has 3 atom stereocenters. The summed E-state index contributed by atoms with van der Waals surface area (Å²) >= 11 is 1.94. The standard InChI is InChI=1S/C27H47N3O2S/c1-4-5-6-7-8-9-10-14-21(2)15-13-16-22(3)19-28-25(31)18-12-11-17-24-26-23(20-33-24)29-27(32)30-26/h14,16,23-24,26H,4-13,15,17-20H2,1-3H3,(H,28,31)(H2,29,30,32)/b21-14+,22-16+/t23-,24-,26-/m0/s1. The molecule has 5 nitrogen and oxygen atoms in total. The highest BCUT2D eigenvalue weighted by molar-refractivity contribution is 8.00. The van der Waals surface area contributed by atoms with Crippen molar-refractivity contribution in [3.8, 4) is 0 Å². The second-order valence-electron chi connectivity index (χ2n) is 9.84. The highest BCUT2D eigenvalue weighted by atomic mass is 32.2. The maximum atomic E-state index is 12.2. The van der Waals surface area contributed by atoms with Crippen molar-refractivity contribution in [3.05, 3.63) is 23.3 Å². The number of carbonyl (C=O) groups excluding carboxylic acids is 2. The first kappa shape index (κ1) is 27.8. The van der Waals surface area contributed by atoms with Crippen LogP contribution in [0.2, 0.25) is 0 Å². The Bertz CT molecular complexity index is 662. The molecule has 0 unspecified atom stereocenters. The van der Waals surface area contributed by atoms with Crippen LogP contribution in [0.15, 0.2) is 23.3 Å². The predicted octanol–water partition coefficient (Wildman–Crippen LogP) is 6.25. The van der Waals surface area contributed by atoms with Gasteiger partial charge in [0.15, 0.2) is 0 Å². The van der Waals surface area contributed by atoms with Crippen LogP contribution in [0, 0.1) is 0 Å². The van der Waals surface area contributed by atoms with Gasteiger partial charge in [-0.05, 0) is 52.4 Å². The van der Waals surface area contributed by atoms with E-state index >= 15 is 0 Å². The maximum Gasteiger partial charge on any atom is 0.315 e. The number of thioether (sulfide) groups is 1. The van der Waals surface area contributed by atoms with Crippen LogP contribution in [0.3, 0.4) is 0 Å². The molecule has 2 rings (SSSR count). The van der Waals surface area contributed by atoms with Gasteiger partial charge in [0.05, 0.1) is 12.1 Å². The fourth-order valence-electron chi connectivity index (χ4n) is 4.59. The number of hydrogen-bond donors (Lipinski definition) is 3. The fourth-order valence-corrected chi connectivity index (χ4v) is 6.14. The van der Waals surface area contributed by atoms with Gasteiger partial charge >= 0.3 is 6.03 Å². The Morgan fingerprint density at radius 3 is 2.55 bits per heavy atom. The zero-order valence-electron chi connectivity index (χ0n) is 21.2. The van der Waals surface area contributed by atoms with Crippen LogP contribution < -0.4 is 16.0 Å². The molecule has 2 saturated heterocycles. The van der Waals surface area contributed by atoms with Gasteiger partial charge in [0.1, 0.15) is 0 Å². The highest BCUT2D eigenvalue weighted by Gasteiger charge is 2.42. The van der Waals surface area contributed by atoms with Crippen molar-refractivity contribution in [1.82, 2.24) is 16.0 Å². The molecule has 0 aliphatic carbocycles. The summed E-state index contributed by atoms with van der Waals surface area (Å²) in [7, 11) is 0. The number of carbonyl (C=O) groups is 2. The molecule has 0 aromatic heterocycles. The summed E-state index contributed by atoms with van der Waals surface area (Å²) < 4.78 is 0. The van der Waals surface area contributed by atoms with Gasteiger partial charge in [-0.3, -0.25) is 4.79 Å². The summed E-state index contributed by atoms with van der Waals surface area (Å²) in [5.74, 6) is 1.14. The quantitative estimate of drug-likeness (QED) is 0.132. The normalized spacial score (nSPS) is 22.8. The number of hydrogen-bond acceptors (Lipinski definition) is 3. The Balaban J connectivity index is 1.47. The van der Waals surface area contributed by atoms with E-state index in [1.165, 1.54) is 56.1 Å². The van der Waals surface area contributed by atoms with E-state index in [9.17, 15) is 9.59 Å². The Morgan fingerprint density at radius 2 is 1.73 bits per heavy atom. The molecular formula is C27H47N3O2S. The molecule has 0 spiro atoms.